The second-order valence-electron chi connectivity index (χ2n) is 10.8. The van der Waals surface area contributed by atoms with Crippen molar-refractivity contribution in [3.8, 4) is 23.0 Å². The fourth-order valence-corrected chi connectivity index (χ4v) is 12.3. The van der Waals surface area contributed by atoms with E-state index in [0.29, 0.717) is 0 Å². The molecule has 4 rings (SSSR count). The van der Waals surface area contributed by atoms with Crippen molar-refractivity contribution in [1.82, 2.24) is 0 Å². The fourth-order valence-electron chi connectivity index (χ4n) is 5.84. The van der Waals surface area contributed by atoms with Crippen molar-refractivity contribution in [3.05, 3.63) is 97.1 Å². The topological polar surface area (TPSA) is 36.9 Å². The van der Waals surface area contributed by atoms with E-state index < -0.39 is 15.8 Å². The molecule has 0 saturated carbocycles. The third-order valence-electron chi connectivity index (χ3n) is 8.30. The minimum atomic E-state index is -0.808. The lowest BCUT2D eigenvalue weighted by Crippen LogP contribution is -2.35. The molecule has 6 heteroatoms. The van der Waals surface area contributed by atoms with E-state index in [1.807, 2.05) is 0 Å². The molecule has 0 N–H and O–H groups in total. The van der Waals surface area contributed by atoms with Crippen LogP contribution in [-0.4, -0.2) is 40.8 Å². The van der Waals surface area contributed by atoms with Gasteiger partial charge in [-0.25, -0.2) is 0 Å². The Bertz CT molecular complexity index is 1240. The maximum atomic E-state index is 5.98. The summed E-state index contributed by atoms with van der Waals surface area (Å²) in [6, 6.07) is 34.2. The summed E-state index contributed by atoms with van der Waals surface area (Å²) in [7, 11) is 5.50. The summed E-state index contributed by atoms with van der Waals surface area (Å²) in [5, 5.41) is 5.05. The first-order valence-corrected chi connectivity index (χ1v) is 18.2. The molecule has 4 aromatic carbocycles. The zero-order valence-electron chi connectivity index (χ0n) is 26.5. The SMILES string of the molecule is CCCCC(CC)(CP(c1ccccc1OC)c1ccccc1OC)CP(c1ccccc1OC)c1ccccc1OC. The van der Waals surface area contributed by atoms with Crippen molar-refractivity contribution in [2.45, 2.75) is 39.5 Å². The number of hydrogen-bond acceptors (Lipinski definition) is 4. The number of methoxy groups -OCH3 is 4. The Morgan fingerprint density at radius 2 is 0.791 bits per heavy atom. The van der Waals surface area contributed by atoms with Crippen LogP contribution < -0.4 is 40.2 Å². The highest BCUT2D eigenvalue weighted by atomic mass is 31.1. The van der Waals surface area contributed by atoms with E-state index in [-0.39, 0.29) is 5.41 Å². The van der Waals surface area contributed by atoms with E-state index in [0.717, 1.165) is 54.6 Å². The Morgan fingerprint density at radius 3 is 1.05 bits per heavy atom. The van der Waals surface area contributed by atoms with Crippen LogP contribution in [0.15, 0.2) is 97.1 Å². The normalized spacial score (nSPS) is 11.5. The van der Waals surface area contributed by atoms with E-state index in [9.17, 15) is 0 Å². The number of para-hydroxylation sites is 4. The van der Waals surface area contributed by atoms with E-state index in [4.69, 9.17) is 18.9 Å². The second kappa shape index (κ2) is 16.1. The first-order chi connectivity index (χ1) is 21.0. The van der Waals surface area contributed by atoms with Gasteiger partial charge < -0.3 is 18.9 Å². The first-order valence-electron chi connectivity index (χ1n) is 15.1. The van der Waals surface area contributed by atoms with Gasteiger partial charge in [0.1, 0.15) is 23.0 Å². The lowest BCUT2D eigenvalue weighted by Gasteiger charge is -2.40. The van der Waals surface area contributed by atoms with E-state index in [1.54, 1.807) is 28.4 Å². The molecule has 0 aliphatic heterocycles. The van der Waals surface area contributed by atoms with Crippen LogP contribution in [0, 0.1) is 5.41 Å². The quantitative estimate of drug-likeness (QED) is 0.120. The van der Waals surface area contributed by atoms with Crippen molar-refractivity contribution in [3.63, 3.8) is 0 Å². The molecule has 0 heterocycles. The smallest absolute Gasteiger partial charge is 0.126 e. The van der Waals surface area contributed by atoms with Crippen LogP contribution in [0.2, 0.25) is 0 Å². The number of unbranched alkanes of at least 4 members (excludes halogenated alkanes) is 1. The summed E-state index contributed by atoms with van der Waals surface area (Å²) >= 11 is 0. The summed E-state index contributed by atoms with van der Waals surface area (Å²) in [5.74, 6) is 3.77. The molecule has 0 aromatic heterocycles. The first kappa shape index (κ1) is 32.8. The van der Waals surface area contributed by atoms with Crippen LogP contribution in [0.25, 0.3) is 0 Å². The van der Waals surface area contributed by atoms with Gasteiger partial charge in [-0.2, -0.15) is 0 Å². The second-order valence-corrected chi connectivity index (χ2v) is 15.1. The molecule has 0 fully saturated rings. The van der Waals surface area contributed by atoms with Crippen molar-refractivity contribution >= 4 is 37.1 Å². The zero-order chi connectivity index (χ0) is 30.7. The number of hydrogen-bond donors (Lipinski definition) is 0. The summed E-state index contributed by atoms with van der Waals surface area (Å²) in [6.07, 6.45) is 6.61. The van der Waals surface area contributed by atoms with Crippen molar-refractivity contribution in [2.24, 2.45) is 5.41 Å². The van der Waals surface area contributed by atoms with Gasteiger partial charge in [-0.05, 0) is 70.7 Å². The van der Waals surface area contributed by atoms with E-state index in [1.165, 1.54) is 27.6 Å². The molecule has 0 spiro atoms. The predicted molar refractivity (Wildman–Crippen MR) is 186 cm³/mol. The monoisotopic (exact) mass is 616 g/mol. The van der Waals surface area contributed by atoms with Gasteiger partial charge >= 0.3 is 0 Å². The largest absolute Gasteiger partial charge is 0.496 e. The van der Waals surface area contributed by atoms with Gasteiger partial charge in [-0.15, -0.1) is 0 Å². The van der Waals surface area contributed by atoms with Gasteiger partial charge in [-0.3, -0.25) is 0 Å². The molecule has 0 radical (unpaired) electrons. The highest BCUT2D eigenvalue weighted by Gasteiger charge is 2.38. The highest BCUT2D eigenvalue weighted by molar-refractivity contribution is 7.74. The van der Waals surface area contributed by atoms with E-state index in [2.05, 4.69) is 111 Å². The molecule has 4 aromatic rings. The number of rotatable bonds is 16. The average Bonchev–Trinajstić information content (AvgIpc) is 3.08. The van der Waals surface area contributed by atoms with Crippen molar-refractivity contribution in [2.75, 3.05) is 40.8 Å². The Balaban J connectivity index is 1.92. The molecule has 43 heavy (non-hydrogen) atoms. The molecule has 0 amide bonds. The molecule has 0 aliphatic carbocycles. The van der Waals surface area contributed by atoms with Gasteiger partial charge in [0, 0.05) is 21.2 Å². The molecule has 0 unspecified atom stereocenters. The third-order valence-corrected chi connectivity index (χ3v) is 14.1. The molecule has 0 saturated heterocycles. The summed E-state index contributed by atoms with van der Waals surface area (Å²) < 4.78 is 23.9. The maximum absolute atomic E-state index is 5.98. The Hall–Kier alpha value is -3.06. The Morgan fingerprint density at radius 1 is 0.488 bits per heavy atom. The maximum Gasteiger partial charge on any atom is 0.126 e. The number of benzene rings is 4. The standard InChI is InChI=1S/C37H46O4P2/c1-7-9-26-37(8-2,27-42(33-22-14-10-18-29(33)38-3)34-23-15-11-19-30(34)39-4)28-43(35-24-16-12-20-31(35)40-5)36-25-17-13-21-32(36)41-6/h10-25H,7-9,26-28H2,1-6H3. The van der Waals surface area contributed by atoms with Crippen LogP contribution in [0.5, 0.6) is 23.0 Å². The van der Waals surface area contributed by atoms with Crippen LogP contribution in [0.1, 0.15) is 39.5 Å². The fraction of sp³-hybridized carbons (Fsp3) is 0.351. The van der Waals surface area contributed by atoms with Crippen LogP contribution in [0.4, 0.5) is 0 Å². The molecule has 4 nitrogen and oxygen atoms in total. The molecular weight excluding hydrogens is 570 g/mol. The molecule has 228 valence electrons. The van der Waals surface area contributed by atoms with Crippen LogP contribution in [0.3, 0.4) is 0 Å². The van der Waals surface area contributed by atoms with Crippen LogP contribution >= 0.6 is 15.8 Å². The summed E-state index contributed by atoms with van der Waals surface area (Å²) in [6.45, 7) is 4.68. The summed E-state index contributed by atoms with van der Waals surface area (Å²) in [5.41, 5.74) is 0.0524. The summed E-state index contributed by atoms with van der Waals surface area (Å²) in [4.78, 5) is 0. The minimum Gasteiger partial charge on any atom is -0.496 e. The Labute approximate surface area is 261 Å². The lowest BCUT2D eigenvalue weighted by molar-refractivity contribution is 0.325. The molecular formula is C37H46O4P2. The van der Waals surface area contributed by atoms with Gasteiger partial charge in [0.2, 0.25) is 0 Å². The minimum absolute atomic E-state index is 0.0524. The highest BCUT2D eigenvalue weighted by Crippen LogP contribution is 2.54. The van der Waals surface area contributed by atoms with Crippen LogP contribution in [-0.2, 0) is 0 Å². The van der Waals surface area contributed by atoms with Gasteiger partial charge in [0.25, 0.3) is 0 Å². The third kappa shape index (κ3) is 7.72. The van der Waals surface area contributed by atoms with Gasteiger partial charge in [0.05, 0.1) is 28.4 Å². The van der Waals surface area contributed by atoms with E-state index >= 15 is 0 Å². The van der Waals surface area contributed by atoms with Crippen molar-refractivity contribution < 1.29 is 18.9 Å². The molecule has 0 atom stereocenters. The predicted octanol–water partition coefficient (Wildman–Crippen LogP) is 7.87. The van der Waals surface area contributed by atoms with Gasteiger partial charge in [-0.1, -0.05) is 99.5 Å². The van der Waals surface area contributed by atoms with Gasteiger partial charge in [0.15, 0.2) is 0 Å². The number of ether oxygens (including phenoxy) is 4. The zero-order valence-corrected chi connectivity index (χ0v) is 28.3. The van der Waals surface area contributed by atoms with Crippen molar-refractivity contribution in [1.29, 1.82) is 0 Å². The average molecular weight is 617 g/mol. The lowest BCUT2D eigenvalue weighted by atomic mass is 9.84. The molecule has 0 bridgehead atoms. The molecule has 0 aliphatic rings. The Kier molecular flexibility index (Phi) is 12.3.